The highest BCUT2D eigenvalue weighted by Gasteiger charge is 2.17. The van der Waals surface area contributed by atoms with Gasteiger partial charge in [0.05, 0.1) is 25.7 Å². The van der Waals surface area contributed by atoms with E-state index in [1.54, 1.807) is 26.2 Å². The molecule has 0 atom stereocenters. The minimum absolute atomic E-state index is 0.0335. The maximum absolute atomic E-state index is 12.6. The highest BCUT2D eigenvalue weighted by molar-refractivity contribution is 7.99. The van der Waals surface area contributed by atoms with Crippen LogP contribution in [-0.4, -0.2) is 51.5 Å². The topological polar surface area (TPSA) is 111 Å². The summed E-state index contributed by atoms with van der Waals surface area (Å²) in [5, 5.41) is 23.3. The first-order chi connectivity index (χ1) is 17.9. The summed E-state index contributed by atoms with van der Waals surface area (Å²) in [6.45, 7) is 3.78. The van der Waals surface area contributed by atoms with Crippen molar-refractivity contribution in [1.29, 1.82) is 0 Å². The Morgan fingerprint density at radius 1 is 1.03 bits per heavy atom. The van der Waals surface area contributed by atoms with Gasteiger partial charge in [0, 0.05) is 16.8 Å². The molecule has 37 heavy (non-hydrogen) atoms. The molecule has 1 amide bonds. The molecule has 0 saturated heterocycles. The van der Waals surface area contributed by atoms with Gasteiger partial charge < -0.3 is 14.6 Å². The van der Waals surface area contributed by atoms with Crippen LogP contribution in [0.3, 0.4) is 0 Å². The van der Waals surface area contributed by atoms with E-state index in [9.17, 15) is 9.90 Å². The van der Waals surface area contributed by atoms with Crippen molar-refractivity contribution in [2.24, 2.45) is 5.10 Å². The highest BCUT2D eigenvalue weighted by atomic mass is 32.2. The summed E-state index contributed by atoms with van der Waals surface area (Å²) in [7, 11) is 3.09. The third-order valence-electron chi connectivity index (χ3n) is 5.55. The molecule has 3 aromatic carbocycles. The van der Waals surface area contributed by atoms with E-state index in [1.807, 2.05) is 60.0 Å². The molecule has 2 N–H and O–H groups in total. The van der Waals surface area contributed by atoms with E-state index < -0.39 is 0 Å². The number of thioether (sulfide) groups is 1. The van der Waals surface area contributed by atoms with Crippen LogP contribution in [0.1, 0.15) is 18.1 Å². The molecular weight excluding hydrogens is 490 g/mol. The maximum Gasteiger partial charge on any atom is 0.250 e. The van der Waals surface area contributed by atoms with Gasteiger partial charge in [-0.2, -0.15) is 5.10 Å². The smallest absolute Gasteiger partial charge is 0.250 e. The van der Waals surface area contributed by atoms with Gasteiger partial charge in [-0.15, -0.1) is 10.2 Å². The van der Waals surface area contributed by atoms with E-state index in [2.05, 4.69) is 20.7 Å². The van der Waals surface area contributed by atoms with Crippen LogP contribution in [0.2, 0.25) is 0 Å². The zero-order chi connectivity index (χ0) is 26.4. The number of methoxy groups -OCH3 is 2. The van der Waals surface area contributed by atoms with Crippen LogP contribution in [0.25, 0.3) is 17.1 Å². The predicted octanol–water partition coefficient (Wildman–Crippen LogP) is 4.60. The Kier molecular flexibility index (Phi) is 8.09. The molecule has 190 valence electrons. The fraction of sp³-hybridized carbons (Fsp3) is 0.185. The van der Waals surface area contributed by atoms with Crippen molar-refractivity contribution in [2.45, 2.75) is 19.0 Å². The van der Waals surface area contributed by atoms with Crippen molar-refractivity contribution < 1.29 is 19.4 Å². The van der Waals surface area contributed by atoms with Gasteiger partial charge in [-0.05, 0) is 68.4 Å². The number of ether oxygens (including phenoxy) is 2. The van der Waals surface area contributed by atoms with Gasteiger partial charge in [-0.3, -0.25) is 9.36 Å². The second-order valence-corrected chi connectivity index (χ2v) is 9.06. The molecule has 1 aromatic heterocycles. The number of hydrazone groups is 1. The van der Waals surface area contributed by atoms with Crippen molar-refractivity contribution in [1.82, 2.24) is 20.2 Å². The lowest BCUT2D eigenvalue weighted by Gasteiger charge is -2.11. The second-order valence-electron chi connectivity index (χ2n) is 8.11. The fourth-order valence-corrected chi connectivity index (χ4v) is 4.24. The van der Waals surface area contributed by atoms with Gasteiger partial charge >= 0.3 is 0 Å². The molecule has 0 aliphatic heterocycles. The summed E-state index contributed by atoms with van der Waals surface area (Å²) in [4.78, 5) is 12.6. The van der Waals surface area contributed by atoms with Crippen LogP contribution >= 0.6 is 11.8 Å². The number of nitrogens with one attached hydrogen (secondary N) is 1. The lowest BCUT2D eigenvalue weighted by Crippen LogP contribution is -2.21. The number of nitrogens with zero attached hydrogens (tertiary/aromatic N) is 4. The minimum Gasteiger partial charge on any atom is -0.504 e. The summed E-state index contributed by atoms with van der Waals surface area (Å²) >= 11 is 1.26. The predicted molar refractivity (Wildman–Crippen MR) is 144 cm³/mol. The second kappa shape index (κ2) is 11.6. The first kappa shape index (κ1) is 25.8. The average Bonchev–Trinajstić information content (AvgIpc) is 3.35. The summed E-state index contributed by atoms with van der Waals surface area (Å²) in [6.07, 6.45) is 0. The average molecular weight is 518 g/mol. The molecule has 0 saturated carbocycles. The van der Waals surface area contributed by atoms with Gasteiger partial charge in [-0.25, -0.2) is 5.43 Å². The van der Waals surface area contributed by atoms with Crippen LogP contribution in [0.15, 0.2) is 77.0 Å². The van der Waals surface area contributed by atoms with E-state index in [4.69, 9.17) is 9.47 Å². The lowest BCUT2D eigenvalue weighted by atomic mass is 10.1. The summed E-state index contributed by atoms with van der Waals surface area (Å²) in [5.41, 5.74) is 6.75. The number of benzene rings is 3. The zero-order valence-corrected chi connectivity index (χ0v) is 21.7. The molecule has 0 aliphatic rings. The molecule has 0 radical (unpaired) electrons. The number of carbonyl (C=O) groups excluding carboxylic acids is 1. The molecule has 4 rings (SSSR count). The SMILES string of the molecule is COc1ccc(-c2nnc(SCC(=O)NN=C(C)c3ccc(O)c(OC)c3)n2-c2ccc(C)cc2)cc1. The van der Waals surface area contributed by atoms with Gasteiger partial charge in [-0.1, -0.05) is 29.5 Å². The quantitative estimate of drug-likeness (QED) is 0.190. The number of aryl methyl sites for hydroxylation is 1. The molecular formula is C27H27N5O4S. The number of hydrogen-bond acceptors (Lipinski definition) is 8. The van der Waals surface area contributed by atoms with Crippen LogP contribution in [-0.2, 0) is 4.79 Å². The molecule has 4 aromatic rings. The standard InChI is InChI=1S/C27H27N5O4S/c1-17-5-10-21(11-6-17)32-26(19-7-12-22(35-3)13-8-19)30-31-27(32)37-16-25(34)29-28-18(2)20-9-14-23(33)24(15-20)36-4/h5-15,33H,16H2,1-4H3,(H,29,34). The fourth-order valence-electron chi connectivity index (χ4n) is 3.49. The number of aromatic hydroxyl groups is 1. The first-order valence-electron chi connectivity index (χ1n) is 11.4. The number of amides is 1. The van der Waals surface area contributed by atoms with Crippen molar-refractivity contribution in [3.8, 4) is 34.3 Å². The normalized spacial score (nSPS) is 11.3. The Morgan fingerprint density at radius 2 is 1.76 bits per heavy atom. The highest BCUT2D eigenvalue weighted by Crippen LogP contribution is 2.29. The van der Waals surface area contributed by atoms with Gasteiger partial charge in [0.2, 0.25) is 0 Å². The largest absolute Gasteiger partial charge is 0.504 e. The van der Waals surface area contributed by atoms with E-state index in [0.29, 0.717) is 28.0 Å². The van der Waals surface area contributed by atoms with E-state index in [-0.39, 0.29) is 17.4 Å². The van der Waals surface area contributed by atoms with Crippen molar-refractivity contribution in [3.05, 3.63) is 77.9 Å². The molecule has 10 heteroatoms. The summed E-state index contributed by atoms with van der Waals surface area (Å²) in [6, 6.07) is 20.5. The third-order valence-corrected chi connectivity index (χ3v) is 6.48. The Bertz CT molecular complexity index is 1420. The van der Waals surface area contributed by atoms with Gasteiger partial charge in [0.15, 0.2) is 22.5 Å². The zero-order valence-electron chi connectivity index (χ0n) is 20.9. The summed E-state index contributed by atoms with van der Waals surface area (Å²) in [5.74, 6) is 1.56. The van der Waals surface area contributed by atoms with E-state index in [1.165, 1.54) is 24.9 Å². The van der Waals surface area contributed by atoms with Crippen molar-refractivity contribution >= 4 is 23.4 Å². The number of phenols is 1. The van der Waals surface area contributed by atoms with Crippen molar-refractivity contribution in [2.75, 3.05) is 20.0 Å². The van der Waals surface area contributed by atoms with Crippen LogP contribution in [0, 0.1) is 6.92 Å². The van der Waals surface area contributed by atoms with Crippen LogP contribution in [0.4, 0.5) is 0 Å². The molecule has 0 unspecified atom stereocenters. The third kappa shape index (κ3) is 6.10. The molecule has 0 fully saturated rings. The monoisotopic (exact) mass is 517 g/mol. The first-order valence-corrected chi connectivity index (χ1v) is 12.4. The Balaban J connectivity index is 1.52. The Hall–Kier alpha value is -4.31. The van der Waals surface area contributed by atoms with Crippen LogP contribution in [0.5, 0.6) is 17.2 Å². The van der Waals surface area contributed by atoms with Gasteiger partial charge in [0.25, 0.3) is 5.91 Å². The molecule has 0 bridgehead atoms. The van der Waals surface area contributed by atoms with E-state index in [0.717, 1.165) is 22.6 Å². The number of rotatable bonds is 9. The number of carbonyl (C=O) groups is 1. The Labute approximate surface area is 219 Å². The number of hydrogen-bond donors (Lipinski definition) is 2. The lowest BCUT2D eigenvalue weighted by molar-refractivity contribution is -0.118. The summed E-state index contributed by atoms with van der Waals surface area (Å²) < 4.78 is 12.3. The molecule has 0 aliphatic carbocycles. The molecule has 1 heterocycles. The van der Waals surface area contributed by atoms with Crippen molar-refractivity contribution in [3.63, 3.8) is 0 Å². The number of aromatic nitrogens is 3. The minimum atomic E-state index is -0.292. The maximum atomic E-state index is 12.6. The molecule has 0 spiro atoms. The molecule has 9 nitrogen and oxygen atoms in total. The Morgan fingerprint density at radius 3 is 2.43 bits per heavy atom. The van der Waals surface area contributed by atoms with E-state index >= 15 is 0 Å². The number of phenolic OH excluding ortho intramolecular Hbond substituents is 1. The van der Waals surface area contributed by atoms with Gasteiger partial charge in [0.1, 0.15) is 5.75 Å². The van der Waals surface area contributed by atoms with Crippen LogP contribution < -0.4 is 14.9 Å².